The maximum absolute atomic E-state index is 12.4. The lowest BCUT2D eigenvalue weighted by Gasteiger charge is -2.25. The fourth-order valence-electron chi connectivity index (χ4n) is 2.39. The number of hydrogen-bond acceptors (Lipinski definition) is 6. The van der Waals surface area contributed by atoms with Crippen LogP contribution >= 0.6 is 8.46 Å². The molecular weight excluding hydrogens is 331 g/mol. The van der Waals surface area contributed by atoms with Crippen molar-refractivity contribution in [2.45, 2.75) is 26.0 Å². The number of rotatable bonds is 8. The van der Waals surface area contributed by atoms with Crippen LogP contribution in [0.4, 0.5) is 4.79 Å². The summed E-state index contributed by atoms with van der Waals surface area (Å²) in [5, 5.41) is 0. The van der Waals surface area contributed by atoms with Gasteiger partial charge in [0.25, 0.3) is 0 Å². The summed E-state index contributed by atoms with van der Waals surface area (Å²) in [6, 6.07) is 9.38. The van der Waals surface area contributed by atoms with Gasteiger partial charge in [-0.3, -0.25) is 9.89 Å². The van der Waals surface area contributed by atoms with E-state index in [0.29, 0.717) is 13.1 Å². The van der Waals surface area contributed by atoms with Crippen molar-refractivity contribution < 1.29 is 23.6 Å². The second-order valence-corrected chi connectivity index (χ2v) is 5.84. The molecule has 0 spiro atoms. The van der Waals surface area contributed by atoms with Crippen molar-refractivity contribution in [2.24, 2.45) is 4.99 Å². The van der Waals surface area contributed by atoms with E-state index in [0.717, 1.165) is 5.56 Å². The summed E-state index contributed by atoms with van der Waals surface area (Å²) in [5.41, 5.74) is -0.638. The van der Waals surface area contributed by atoms with Gasteiger partial charge in [0.15, 0.2) is 0 Å². The van der Waals surface area contributed by atoms with Crippen LogP contribution in [0.2, 0.25) is 0 Å². The highest BCUT2D eigenvalue weighted by atomic mass is 31.1. The molecule has 24 heavy (non-hydrogen) atoms. The lowest BCUT2D eigenvalue weighted by Crippen LogP contribution is -2.49. The molecule has 1 aliphatic rings. The van der Waals surface area contributed by atoms with Gasteiger partial charge < -0.3 is 14.2 Å². The summed E-state index contributed by atoms with van der Waals surface area (Å²) in [7, 11) is -0.954. The molecule has 7 nitrogen and oxygen atoms in total. The molecule has 8 heteroatoms. The van der Waals surface area contributed by atoms with Crippen LogP contribution in [0.25, 0.3) is 0 Å². The van der Waals surface area contributed by atoms with E-state index in [2.05, 4.69) is 4.99 Å². The molecule has 0 fully saturated rings. The molecule has 0 saturated carbocycles. The molecule has 1 aliphatic heterocycles. The largest absolute Gasteiger partial charge is 0.444 e. The molecule has 0 aromatic heterocycles. The topological polar surface area (TPSA) is 77.4 Å². The molecule has 0 N–H and O–H groups in total. The summed E-state index contributed by atoms with van der Waals surface area (Å²) in [6.45, 7) is 4.97. The SMILES string of the molecule is CCOC(OCC)([PH+]=O)C1=NCCN1C(=O)OCc1ccccc1. The minimum Gasteiger partial charge on any atom is -0.444 e. The number of ether oxygens (including phenoxy) is 3. The molecule has 0 bridgehead atoms. The summed E-state index contributed by atoms with van der Waals surface area (Å²) in [5.74, 6) is 0.206. The quantitative estimate of drug-likeness (QED) is 0.530. The predicted molar refractivity (Wildman–Crippen MR) is 90.6 cm³/mol. The van der Waals surface area contributed by atoms with E-state index < -0.39 is 20.1 Å². The average Bonchev–Trinajstić information content (AvgIpc) is 3.10. The maximum atomic E-state index is 12.4. The van der Waals surface area contributed by atoms with Crippen molar-refractivity contribution in [3.05, 3.63) is 35.9 Å². The Morgan fingerprint density at radius 1 is 1.25 bits per heavy atom. The molecule has 0 saturated heterocycles. The van der Waals surface area contributed by atoms with Crippen molar-refractivity contribution in [1.29, 1.82) is 0 Å². The lowest BCUT2D eigenvalue weighted by molar-refractivity contribution is -0.126. The van der Waals surface area contributed by atoms with E-state index >= 15 is 0 Å². The summed E-state index contributed by atoms with van der Waals surface area (Å²) < 4.78 is 28.2. The van der Waals surface area contributed by atoms with Crippen LogP contribution in [0.5, 0.6) is 0 Å². The number of carbonyl (C=O) groups is 1. The molecule has 1 unspecified atom stereocenters. The molecule has 1 aromatic carbocycles. The number of amidine groups is 1. The van der Waals surface area contributed by atoms with Gasteiger partial charge in [-0.1, -0.05) is 34.9 Å². The van der Waals surface area contributed by atoms with Crippen LogP contribution < -0.4 is 0 Å². The van der Waals surface area contributed by atoms with Crippen molar-refractivity contribution in [1.82, 2.24) is 4.90 Å². The normalized spacial score (nSPS) is 14.8. The van der Waals surface area contributed by atoms with Crippen molar-refractivity contribution in [3.63, 3.8) is 0 Å². The zero-order valence-electron chi connectivity index (χ0n) is 13.9. The van der Waals surface area contributed by atoms with Gasteiger partial charge in [0.05, 0.1) is 26.3 Å². The molecule has 130 valence electrons. The average molecular weight is 353 g/mol. The molecule has 1 heterocycles. The van der Waals surface area contributed by atoms with Crippen molar-refractivity contribution >= 4 is 20.4 Å². The van der Waals surface area contributed by atoms with Gasteiger partial charge in [-0.15, -0.1) is 0 Å². The van der Waals surface area contributed by atoms with Gasteiger partial charge >= 0.3 is 20.1 Å². The van der Waals surface area contributed by atoms with Crippen LogP contribution in [-0.2, 0) is 25.4 Å². The third-order valence-corrected chi connectivity index (χ3v) is 4.17. The van der Waals surface area contributed by atoms with Crippen LogP contribution in [-0.4, -0.2) is 48.7 Å². The first-order valence-corrected chi connectivity index (χ1v) is 8.78. The molecule has 1 amide bonds. The summed E-state index contributed by atoms with van der Waals surface area (Å²) in [6.07, 6.45) is -0.558. The van der Waals surface area contributed by atoms with E-state index in [9.17, 15) is 9.36 Å². The number of nitrogens with zero attached hydrogens (tertiary/aromatic N) is 2. The van der Waals surface area contributed by atoms with Gasteiger partial charge in [-0.2, -0.15) is 0 Å². The number of carbonyl (C=O) groups excluding carboxylic acids is 1. The zero-order chi connectivity index (χ0) is 17.4. The lowest BCUT2D eigenvalue weighted by atomic mass is 10.2. The number of hydrogen-bond donors (Lipinski definition) is 0. The maximum Gasteiger partial charge on any atom is 0.433 e. The Morgan fingerprint density at radius 3 is 2.50 bits per heavy atom. The molecule has 0 radical (unpaired) electrons. The van der Waals surface area contributed by atoms with E-state index in [-0.39, 0.29) is 25.7 Å². The summed E-state index contributed by atoms with van der Waals surface area (Å²) in [4.78, 5) is 18.0. The Kier molecular flexibility index (Phi) is 6.85. The van der Waals surface area contributed by atoms with Gasteiger partial charge in [-0.05, 0) is 19.4 Å². The standard InChI is InChI=1S/C16H21N2O5P/c1-3-22-16(24-20,23-4-2)14-17-10-11-18(14)15(19)21-12-13-8-6-5-7-9-13/h5-9H,3-4,10-12H2,1-2H3/p+1. The first-order valence-electron chi connectivity index (χ1n) is 7.87. The van der Waals surface area contributed by atoms with E-state index in [4.69, 9.17) is 14.2 Å². The monoisotopic (exact) mass is 353 g/mol. The highest BCUT2D eigenvalue weighted by Gasteiger charge is 2.53. The molecule has 1 aromatic rings. The van der Waals surface area contributed by atoms with Crippen molar-refractivity contribution in [2.75, 3.05) is 26.3 Å². The van der Waals surface area contributed by atoms with Crippen LogP contribution in [0, 0.1) is 0 Å². The Morgan fingerprint density at radius 2 is 1.92 bits per heavy atom. The molecule has 2 rings (SSSR count). The second-order valence-electron chi connectivity index (χ2n) is 4.98. The van der Waals surface area contributed by atoms with Gasteiger partial charge in [-0.25, -0.2) is 4.79 Å². The smallest absolute Gasteiger partial charge is 0.433 e. The van der Waals surface area contributed by atoms with Crippen molar-refractivity contribution in [3.8, 4) is 0 Å². The Labute approximate surface area is 142 Å². The highest BCUT2D eigenvalue weighted by Crippen LogP contribution is 2.32. The van der Waals surface area contributed by atoms with Gasteiger partial charge in [0.1, 0.15) is 6.61 Å². The first kappa shape index (κ1) is 18.5. The van der Waals surface area contributed by atoms with Crippen LogP contribution in [0.15, 0.2) is 35.3 Å². The fraction of sp³-hybridized carbons (Fsp3) is 0.500. The Hall–Kier alpha value is -1.82. The fourth-order valence-corrected chi connectivity index (χ4v) is 3.10. The van der Waals surface area contributed by atoms with Gasteiger partial charge in [0.2, 0.25) is 5.84 Å². The van der Waals surface area contributed by atoms with Crippen LogP contribution in [0.1, 0.15) is 19.4 Å². The van der Waals surface area contributed by atoms with E-state index in [1.807, 2.05) is 30.3 Å². The molecule has 1 atom stereocenters. The number of aliphatic imine (C=N–C) groups is 1. The third kappa shape index (κ3) is 4.17. The second kappa shape index (κ2) is 8.87. The molecular formula is C16H22N2O5P+. The molecule has 0 aliphatic carbocycles. The minimum absolute atomic E-state index is 0.152. The third-order valence-electron chi connectivity index (χ3n) is 3.39. The first-order chi connectivity index (χ1) is 11.7. The number of amides is 1. The van der Waals surface area contributed by atoms with E-state index in [1.165, 1.54) is 4.90 Å². The zero-order valence-corrected chi connectivity index (χ0v) is 14.9. The number of benzene rings is 1. The summed E-state index contributed by atoms with van der Waals surface area (Å²) >= 11 is 0. The highest BCUT2D eigenvalue weighted by molar-refractivity contribution is 7.27. The van der Waals surface area contributed by atoms with E-state index in [1.54, 1.807) is 13.8 Å². The minimum atomic E-state index is -1.52. The van der Waals surface area contributed by atoms with Gasteiger partial charge in [0, 0.05) is 0 Å². The van der Waals surface area contributed by atoms with Crippen LogP contribution in [0.3, 0.4) is 0 Å². The predicted octanol–water partition coefficient (Wildman–Crippen LogP) is 2.79. The Balaban J connectivity index is 2.10. The Bertz CT molecular complexity index is 587.